The van der Waals surface area contributed by atoms with Crippen molar-refractivity contribution in [3.8, 4) is 0 Å². The molecule has 0 aromatic rings. The maximum atomic E-state index is 13.0. The Labute approximate surface area is 407 Å². The van der Waals surface area contributed by atoms with E-state index in [4.69, 9.17) is 61.6 Å². The van der Waals surface area contributed by atoms with Crippen LogP contribution in [-0.2, 0) is 80.8 Å². The number of cyclic esters (lactones) is 1. The molecule has 2 saturated carbocycles. The van der Waals surface area contributed by atoms with Crippen molar-refractivity contribution >= 4 is 23.9 Å². The number of methoxy groups -OCH3 is 3. The van der Waals surface area contributed by atoms with Crippen molar-refractivity contribution in [2.24, 2.45) is 28.6 Å². The van der Waals surface area contributed by atoms with Crippen LogP contribution in [0, 0.1) is 28.6 Å². The van der Waals surface area contributed by atoms with Gasteiger partial charge in [-0.15, -0.1) is 0 Å². The molecule has 5 fully saturated rings. The van der Waals surface area contributed by atoms with Crippen molar-refractivity contribution in [1.29, 1.82) is 0 Å². The van der Waals surface area contributed by atoms with Crippen molar-refractivity contribution in [2.75, 3.05) is 27.9 Å². The maximum Gasteiger partial charge on any atom is 0.333 e. The fourth-order valence-electron chi connectivity index (χ4n) is 12.6. The summed E-state index contributed by atoms with van der Waals surface area (Å²) in [6, 6.07) is 0. The Kier molecular flexibility index (Phi) is 16.5. The van der Waals surface area contributed by atoms with E-state index in [1.54, 1.807) is 20.8 Å². The summed E-state index contributed by atoms with van der Waals surface area (Å²) < 4.78 is 78.5. The molecule has 0 amide bonds. The first-order valence-electron chi connectivity index (χ1n) is 24.0. The maximum absolute atomic E-state index is 13.0. The third kappa shape index (κ3) is 10.1. The van der Waals surface area contributed by atoms with E-state index in [0.29, 0.717) is 24.8 Å². The van der Waals surface area contributed by atoms with Gasteiger partial charge in [0.25, 0.3) is 0 Å². The molecular weight excluding hydrogens is 929 g/mol. The van der Waals surface area contributed by atoms with Crippen LogP contribution in [-0.4, -0.2) is 187 Å². The highest BCUT2D eigenvalue weighted by atomic mass is 16.8. The zero-order valence-corrected chi connectivity index (χ0v) is 41.6. The minimum atomic E-state index is -1.70. The number of esters is 4. The van der Waals surface area contributed by atoms with Gasteiger partial charge in [0, 0.05) is 84.3 Å². The Bertz CT molecular complexity index is 1980. The lowest BCUT2D eigenvalue weighted by Crippen LogP contribution is -2.65. The van der Waals surface area contributed by atoms with Crippen LogP contribution in [0.5, 0.6) is 0 Å². The first-order chi connectivity index (χ1) is 32.9. The van der Waals surface area contributed by atoms with Gasteiger partial charge in [-0.2, -0.15) is 0 Å². The molecule has 4 heterocycles. The number of hydrogen-bond donors (Lipinski definition) is 5. The third-order valence-corrected chi connectivity index (χ3v) is 16.0. The topological polar surface area (TPSA) is 289 Å². The molecule has 0 bridgehead atoms. The van der Waals surface area contributed by atoms with Crippen LogP contribution in [0.1, 0.15) is 87.5 Å². The fraction of sp³-hybridized carbons (Fsp3) is 0.833. The average Bonchev–Trinajstić information content (AvgIpc) is 3.61. The van der Waals surface area contributed by atoms with E-state index in [2.05, 4.69) is 6.92 Å². The summed E-state index contributed by atoms with van der Waals surface area (Å²) in [5.41, 5.74) is -1.10. The molecule has 23 unspecified atom stereocenters. The Morgan fingerprint density at radius 2 is 1.40 bits per heavy atom. The summed E-state index contributed by atoms with van der Waals surface area (Å²) in [4.78, 5) is 51.7. The molecule has 5 N–H and O–H groups in total. The molecule has 3 saturated heterocycles. The number of ether oxygens (including phenoxy) is 13. The number of allylic oxidation sites excluding steroid dienone is 1. The molecule has 23 atom stereocenters. The van der Waals surface area contributed by atoms with Gasteiger partial charge in [-0.05, 0) is 56.9 Å². The number of rotatable bonds is 14. The summed E-state index contributed by atoms with van der Waals surface area (Å²) in [7, 11) is 4.26. The zero-order chi connectivity index (χ0) is 51.4. The van der Waals surface area contributed by atoms with Crippen LogP contribution < -0.4 is 0 Å². The molecular formula is C48H72O22. The van der Waals surface area contributed by atoms with Crippen molar-refractivity contribution in [1.82, 2.24) is 0 Å². The Balaban J connectivity index is 1.10. The largest absolute Gasteiger partial charge is 0.466 e. The number of aliphatic hydroxyl groups excluding tert-OH is 5. The van der Waals surface area contributed by atoms with Crippen LogP contribution in [0.15, 0.2) is 23.5 Å². The standard InChI is InChI=1S/C48H72O22/c1-20-39(68-45-38(57)42(59-10)40(21(2)62-45)69-44-37(56)36(55)35(54)30(19-49)67-44)29(58-9)17-33(61-20)66-27-13-15-46(6)26-12-14-47(7,31-18-32(53)70-48(31,8)60-11)43(65-24(5)52)25(26)16-28(63-22(3)50)34(46)41(27)64-23(4)51/h13,18,20-21,25-26,28-30,33-45,49,54-57H,12,14-17,19H2,1-11H3. The molecule has 0 radical (unpaired) electrons. The van der Waals surface area contributed by atoms with Gasteiger partial charge in [0.1, 0.15) is 66.8 Å². The van der Waals surface area contributed by atoms with E-state index in [9.17, 15) is 44.7 Å². The summed E-state index contributed by atoms with van der Waals surface area (Å²) in [6.07, 6.45) is -14.6. The lowest BCUT2D eigenvalue weighted by molar-refractivity contribution is -0.370. The monoisotopic (exact) mass is 1000 g/mol. The second kappa shape index (κ2) is 21.2. The van der Waals surface area contributed by atoms with Crippen LogP contribution in [0.3, 0.4) is 0 Å². The normalized spacial score (nSPS) is 47.1. The fourth-order valence-corrected chi connectivity index (χ4v) is 12.6. The predicted octanol–water partition coefficient (Wildman–Crippen LogP) is 0.831. The first-order valence-corrected chi connectivity index (χ1v) is 24.0. The molecule has 4 aliphatic heterocycles. The Hall–Kier alpha value is -3.36. The van der Waals surface area contributed by atoms with E-state index in [1.165, 1.54) is 48.2 Å². The zero-order valence-electron chi connectivity index (χ0n) is 41.6. The molecule has 70 heavy (non-hydrogen) atoms. The van der Waals surface area contributed by atoms with Crippen molar-refractivity contribution in [3.05, 3.63) is 23.5 Å². The number of aliphatic hydroxyl groups is 5. The SMILES string of the molecule is COC1CC(OC2=CCC3(C)C4CCC(C)(C5=CC(=O)OC5(C)OC)C(OC(C)=O)C4CC(OC(C)=O)C3C2OC(C)=O)OC(C)C1OC1OC(C)C(OC2OC(CO)C(O)C(O)C2O)C(OC)C1O. The average molecular weight is 1000 g/mol. The van der Waals surface area contributed by atoms with Crippen molar-refractivity contribution in [3.63, 3.8) is 0 Å². The Morgan fingerprint density at radius 3 is 2.01 bits per heavy atom. The number of hydrogen-bond acceptors (Lipinski definition) is 22. The molecule has 22 nitrogen and oxygen atoms in total. The molecule has 7 rings (SSSR count). The smallest absolute Gasteiger partial charge is 0.333 e. The van der Waals surface area contributed by atoms with E-state index >= 15 is 0 Å². The Morgan fingerprint density at radius 1 is 0.757 bits per heavy atom. The van der Waals surface area contributed by atoms with Crippen LogP contribution in [0.4, 0.5) is 0 Å². The quantitative estimate of drug-likeness (QED) is 0.119. The minimum absolute atomic E-state index is 0.0929. The first kappa shape index (κ1) is 54.4. The molecule has 22 heteroatoms. The highest BCUT2D eigenvalue weighted by Crippen LogP contribution is 2.65. The summed E-state index contributed by atoms with van der Waals surface area (Å²) in [5, 5.41) is 52.4. The lowest BCUT2D eigenvalue weighted by atomic mass is 9.45. The van der Waals surface area contributed by atoms with Gasteiger partial charge >= 0.3 is 23.9 Å². The van der Waals surface area contributed by atoms with Gasteiger partial charge < -0.3 is 87.1 Å². The number of carbonyl (C=O) groups excluding carboxylic acids is 4. The van der Waals surface area contributed by atoms with Crippen molar-refractivity contribution in [2.45, 2.75) is 198 Å². The second-order valence-corrected chi connectivity index (χ2v) is 20.3. The van der Waals surface area contributed by atoms with E-state index in [0.717, 1.165) is 0 Å². The second-order valence-electron chi connectivity index (χ2n) is 20.3. The summed E-state index contributed by atoms with van der Waals surface area (Å²) in [5.74, 6) is -4.58. The van der Waals surface area contributed by atoms with E-state index < -0.39 is 163 Å². The number of fused-ring (bicyclic) bond motifs is 3. The van der Waals surface area contributed by atoms with Crippen LogP contribution in [0.25, 0.3) is 0 Å². The van der Waals surface area contributed by atoms with Gasteiger partial charge in [0.05, 0.1) is 24.9 Å². The number of carbonyl (C=O) groups is 4. The highest BCUT2D eigenvalue weighted by molar-refractivity contribution is 5.87. The minimum Gasteiger partial charge on any atom is -0.466 e. The molecule has 3 aliphatic carbocycles. The van der Waals surface area contributed by atoms with Gasteiger partial charge in [-0.3, -0.25) is 14.4 Å². The highest BCUT2D eigenvalue weighted by Gasteiger charge is 2.66. The lowest BCUT2D eigenvalue weighted by Gasteiger charge is -2.62. The molecule has 0 aromatic heterocycles. The van der Waals surface area contributed by atoms with Gasteiger partial charge in [-0.25, -0.2) is 4.79 Å². The van der Waals surface area contributed by atoms with Gasteiger partial charge in [0.2, 0.25) is 12.1 Å². The van der Waals surface area contributed by atoms with Crippen LogP contribution in [0.2, 0.25) is 0 Å². The van der Waals surface area contributed by atoms with Crippen LogP contribution >= 0.6 is 0 Å². The molecule has 0 spiro atoms. The molecule has 0 aromatic carbocycles. The third-order valence-electron chi connectivity index (χ3n) is 16.0. The molecule has 7 aliphatic rings. The van der Waals surface area contributed by atoms with Gasteiger partial charge in [-0.1, -0.05) is 13.8 Å². The van der Waals surface area contributed by atoms with E-state index in [-0.39, 0.29) is 24.5 Å². The predicted molar refractivity (Wildman–Crippen MR) is 235 cm³/mol. The van der Waals surface area contributed by atoms with E-state index in [1.807, 2.05) is 13.0 Å². The summed E-state index contributed by atoms with van der Waals surface area (Å²) in [6.45, 7) is 12.2. The summed E-state index contributed by atoms with van der Waals surface area (Å²) >= 11 is 0. The molecule has 396 valence electrons. The van der Waals surface area contributed by atoms with Crippen molar-refractivity contribution < 1.29 is 106 Å². The van der Waals surface area contributed by atoms with Gasteiger partial charge in [0.15, 0.2) is 18.7 Å².